The number of hydrogen-bond acceptors (Lipinski definition) is 3. The van der Waals surface area contributed by atoms with Crippen molar-refractivity contribution >= 4 is 11.7 Å². The first kappa shape index (κ1) is 9.37. The molecule has 0 aromatic rings. The molecule has 0 aromatic carbocycles. The fourth-order valence-electron chi connectivity index (χ4n) is 3.71. The van der Waals surface area contributed by atoms with Crippen molar-refractivity contribution in [3.8, 4) is 0 Å². The molecular weight excluding hydrogens is 190 g/mol. The van der Waals surface area contributed by atoms with Crippen molar-refractivity contribution in [3.63, 3.8) is 0 Å². The average molecular weight is 207 g/mol. The SMILES string of the molecule is CC1(C)[C@H]2CC3=NCC(=O)O[C@]3(C)[C@@H]1C2. The lowest BCUT2D eigenvalue weighted by Gasteiger charge is -2.64. The minimum absolute atomic E-state index is 0.164. The number of nitrogens with zero attached hydrogens (tertiary/aromatic N) is 1. The third-order valence-electron chi connectivity index (χ3n) is 4.87. The molecule has 3 nitrogen and oxygen atoms in total. The van der Waals surface area contributed by atoms with Gasteiger partial charge in [-0.15, -0.1) is 0 Å². The Hall–Kier alpha value is -0.860. The number of ether oxygens (including phenoxy) is 1. The molecule has 3 saturated carbocycles. The molecule has 0 unspecified atom stereocenters. The number of rotatable bonds is 0. The molecule has 2 bridgehead atoms. The standard InChI is InChI=1S/C12H17NO2/c1-11(2)7-4-8(11)12(3)9(5-7)13-6-10(14)15-12/h7-8H,4-6H2,1-3H3/t7-,8-,12-/m1/s1. The molecular formula is C12H17NO2. The number of aliphatic imine (C=N–C) groups is 1. The van der Waals surface area contributed by atoms with E-state index in [4.69, 9.17) is 4.74 Å². The second-order valence-electron chi connectivity index (χ2n) is 5.85. The Balaban J connectivity index is 2.03. The van der Waals surface area contributed by atoms with Crippen LogP contribution < -0.4 is 0 Å². The first-order valence-corrected chi connectivity index (χ1v) is 5.70. The summed E-state index contributed by atoms with van der Waals surface area (Å²) < 4.78 is 5.59. The van der Waals surface area contributed by atoms with Crippen molar-refractivity contribution in [3.05, 3.63) is 0 Å². The van der Waals surface area contributed by atoms with Crippen LogP contribution in [0.25, 0.3) is 0 Å². The molecule has 82 valence electrons. The van der Waals surface area contributed by atoms with Gasteiger partial charge in [0.2, 0.25) is 0 Å². The first-order valence-electron chi connectivity index (χ1n) is 5.70. The maximum atomic E-state index is 11.4. The van der Waals surface area contributed by atoms with Crippen LogP contribution in [-0.2, 0) is 9.53 Å². The summed E-state index contributed by atoms with van der Waals surface area (Å²) in [6.07, 6.45) is 2.21. The van der Waals surface area contributed by atoms with Crippen molar-refractivity contribution in [2.24, 2.45) is 22.2 Å². The monoisotopic (exact) mass is 207 g/mol. The second-order valence-corrected chi connectivity index (χ2v) is 5.85. The van der Waals surface area contributed by atoms with Gasteiger partial charge in [0.25, 0.3) is 0 Å². The van der Waals surface area contributed by atoms with E-state index < -0.39 is 5.60 Å². The Morgan fingerprint density at radius 1 is 1.40 bits per heavy atom. The number of carbonyl (C=O) groups excluding carboxylic acids is 1. The molecule has 0 saturated heterocycles. The zero-order valence-corrected chi connectivity index (χ0v) is 9.54. The van der Waals surface area contributed by atoms with E-state index in [0.29, 0.717) is 11.3 Å². The number of carbonyl (C=O) groups is 1. The normalized spacial score (nSPS) is 46.1. The summed E-state index contributed by atoms with van der Waals surface area (Å²) in [7, 11) is 0. The highest BCUT2D eigenvalue weighted by Gasteiger charge is 2.64. The third kappa shape index (κ3) is 0.963. The summed E-state index contributed by atoms with van der Waals surface area (Å²) in [5.41, 5.74) is 1.04. The predicted molar refractivity (Wildman–Crippen MR) is 56.8 cm³/mol. The van der Waals surface area contributed by atoms with Crippen LogP contribution in [0.4, 0.5) is 0 Å². The minimum Gasteiger partial charge on any atom is -0.452 e. The summed E-state index contributed by atoms with van der Waals surface area (Å²) in [6.45, 7) is 6.85. The predicted octanol–water partition coefficient (Wildman–Crippen LogP) is 1.81. The van der Waals surface area contributed by atoms with Gasteiger partial charge in [-0.1, -0.05) is 13.8 Å². The Bertz CT molecular complexity index is 372. The van der Waals surface area contributed by atoms with Crippen LogP contribution in [0.1, 0.15) is 33.6 Å². The van der Waals surface area contributed by atoms with Gasteiger partial charge in [-0.2, -0.15) is 0 Å². The highest BCUT2D eigenvalue weighted by atomic mass is 16.6. The van der Waals surface area contributed by atoms with E-state index in [1.54, 1.807) is 0 Å². The molecule has 3 aliphatic carbocycles. The molecule has 15 heavy (non-hydrogen) atoms. The van der Waals surface area contributed by atoms with E-state index in [0.717, 1.165) is 18.1 Å². The van der Waals surface area contributed by atoms with Crippen LogP contribution in [0.3, 0.4) is 0 Å². The fourth-order valence-corrected chi connectivity index (χ4v) is 3.71. The first-order chi connectivity index (χ1) is 6.94. The minimum atomic E-state index is -0.395. The summed E-state index contributed by atoms with van der Waals surface area (Å²) in [4.78, 5) is 15.8. The zero-order chi connectivity index (χ0) is 10.8. The zero-order valence-electron chi connectivity index (χ0n) is 9.54. The molecule has 0 aromatic heterocycles. The van der Waals surface area contributed by atoms with Crippen molar-refractivity contribution in [1.29, 1.82) is 0 Å². The number of esters is 1. The number of hydrogen-bond donors (Lipinski definition) is 0. The molecule has 0 amide bonds. The van der Waals surface area contributed by atoms with E-state index in [-0.39, 0.29) is 12.5 Å². The Kier molecular flexibility index (Phi) is 1.53. The van der Waals surface area contributed by atoms with E-state index in [1.165, 1.54) is 6.42 Å². The van der Waals surface area contributed by atoms with Crippen LogP contribution in [-0.4, -0.2) is 23.8 Å². The van der Waals surface area contributed by atoms with E-state index in [9.17, 15) is 4.79 Å². The van der Waals surface area contributed by atoms with Gasteiger partial charge < -0.3 is 4.74 Å². The lowest BCUT2D eigenvalue weighted by molar-refractivity contribution is -0.184. The van der Waals surface area contributed by atoms with Crippen LogP contribution in [0, 0.1) is 17.3 Å². The van der Waals surface area contributed by atoms with Gasteiger partial charge in [-0.25, -0.2) is 0 Å². The highest BCUT2D eigenvalue weighted by Crippen LogP contribution is 2.63. The van der Waals surface area contributed by atoms with Crippen LogP contribution >= 0.6 is 0 Å². The van der Waals surface area contributed by atoms with Crippen molar-refractivity contribution < 1.29 is 9.53 Å². The molecule has 4 aliphatic rings. The Labute approximate surface area is 89.9 Å². The van der Waals surface area contributed by atoms with Gasteiger partial charge in [-0.05, 0) is 31.1 Å². The average Bonchev–Trinajstić information content (AvgIpc) is 2.14. The van der Waals surface area contributed by atoms with E-state index >= 15 is 0 Å². The molecule has 0 N–H and O–H groups in total. The van der Waals surface area contributed by atoms with Gasteiger partial charge >= 0.3 is 5.97 Å². The lowest BCUT2D eigenvalue weighted by atomic mass is 9.43. The van der Waals surface area contributed by atoms with Crippen LogP contribution in [0.5, 0.6) is 0 Å². The van der Waals surface area contributed by atoms with Gasteiger partial charge in [0.15, 0.2) is 5.60 Å². The molecule has 3 heteroatoms. The van der Waals surface area contributed by atoms with E-state index in [1.807, 2.05) is 6.92 Å². The molecule has 0 spiro atoms. The molecule has 3 fully saturated rings. The maximum Gasteiger partial charge on any atom is 0.328 e. The highest BCUT2D eigenvalue weighted by molar-refractivity contribution is 5.99. The molecule has 1 aliphatic heterocycles. The quantitative estimate of drug-likeness (QED) is 0.568. The molecule has 0 radical (unpaired) electrons. The fraction of sp³-hybridized carbons (Fsp3) is 0.833. The molecule has 3 atom stereocenters. The second kappa shape index (κ2) is 2.45. The Morgan fingerprint density at radius 2 is 2.13 bits per heavy atom. The smallest absolute Gasteiger partial charge is 0.328 e. The molecule has 1 heterocycles. The van der Waals surface area contributed by atoms with Crippen LogP contribution in [0.2, 0.25) is 0 Å². The third-order valence-corrected chi connectivity index (χ3v) is 4.87. The van der Waals surface area contributed by atoms with Crippen molar-refractivity contribution in [2.75, 3.05) is 6.54 Å². The summed E-state index contributed by atoms with van der Waals surface area (Å²) >= 11 is 0. The summed E-state index contributed by atoms with van der Waals surface area (Å²) in [6, 6.07) is 0. The van der Waals surface area contributed by atoms with Crippen molar-refractivity contribution in [1.82, 2.24) is 0 Å². The summed E-state index contributed by atoms with van der Waals surface area (Å²) in [5, 5.41) is 0. The van der Waals surface area contributed by atoms with Gasteiger partial charge in [0.05, 0.1) is 5.71 Å². The van der Waals surface area contributed by atoms with Gasteiger partial charge in [-0.3, -0.25) is 9.79 Å². The summed E-state index contributed by atoms with van der Waals surface area (Å²) in [5.74, 6) is 1.04. The van der Waals surface area contributed by atoms with Crippen molar-refractivity contribution in [2.45, 2.75) is 39.2 Å². The largest absolute Gasteiger partial charge is 0.452 e. The van der Waals surface area contributed by atoms with E-state index in [2.05, 4.69) is 18.8 Å². The topological polar surface area (TPSA) is 38.7 Å². The van der Waals surface area contributed by atoms with Gasteiger partial charge in [0.1, 0.15) is 6.54 Å². The van der Waals surface area contributed by atoms with Gasteiger partial charge in [0, 0.05) is 5.92 Å². The Morgan fingerprint density at radius 3 is 2.80 bits per heavy atom. The van der Waals surface area contributed by atoms with Crippen LogP contribution in [0.15, 0.2) is 4.99 Å². The lowest BCUT2D eigenvalue weighted by Crippen LogP contribution is -2.67. The molecule has 4 rings (SSSR count). The maximum absolute atomic E-state index is 11.4.